The minimum atomic E-state index is -0.299. The second-order valence-corrected chi connectivity index (χ2v) is 16.9. The van der Waals surface area contributed by atoms with Gasteiger partial charge in [-0.1, -0.05) is 64.5 Å². The van der Waals surface area contributed by atoms with Crippen molar-refractivity contribution in [2.45, 2.75) is 116 Å². The number of aryl methyl sites for hydroxylation is 1. The third-order valence-corrected chi connectivity index (χ3v) is 14.3. The molecule has 5 fully saturated rings. The van der Waals surface area contributed by atoms with Crippen LogP contribution >= 0.6 is 0 Å². The number of methoxy groups -OCH3 is 1. The van der Waals surface area contributed by atoms with Gasteiger partial charge in [0.1, 0.15) is 11.9 Å². The number of esters is 1. The van der Waals surface area contributed by atoms with Gasteiger partial charge in [-0.05, 0) is 134 Å². The van der Waals surface area contributed by atoms with Crippen molar-refractivity contribution in [3.05, 3.63) is 83.1 Å². The number of hydrogen-bond donors (Lipinski definition) is 0. The lowest BCUT2D eigenvalue weighted by atomic mass is 9.55. The molecule has 6 aliphatic rings. The molecule has 0 spiro atoms. The second kappa shape index (κ2) is 16.1. The third kappa shape index (κ3) is 7.11. The van der Waals surface area contributed by atoms with Gasteiger partial charge in [0.25, 0.3) is 0 Å². The fourth-order valence-electron chi connectivity index (χ4n) is 11.8. The van der Waals surface area contributed by atoms with Crippen LogP contribution in [0.5, 0.6) is 5.75 Å². The molecule has 0 bridgehead atoms. The Balaban J connectivity index is 0.895. The first-order valence-corrected chi connectivity index (χ1v) is 21.0. The first kappa shape index (κ1) is 35.9. The van der Waals surface area contributed by atoms with Crippen LogP contribution in [-0.2, 0) is 15.9 Å². The number of carbonyl (C=O) groups excluding carboxylic acids is 1. The summed E-state index contributed by atoms with van der Waals surface area (Å²) in [6.45, 7) is 8.64. The molecule has 0 amide bonds. The monoisotopic (exact) mass is 706 g/mol. The highest BCUT2D eigenvalue weighted by Gasteiger charge is 2.60. The van der Waals surface area contributed by atoms with Crippen LogP contribution in [0.2, 0.25) is 0 Å². The van der Waals surface area contributed by atoms with Gasteiger partial charge in [0.15, 0.2) is 0 Å². The summed E-state index contributed by atoms with van der Waals surface area (Å²) in [7, 11) is 1.95. The molecule has 2 aliphatic heterocycles. The highest BCUT2D eigenvalue weighted by atomic mass is 16.5. The number of piperazine rings is 1. The Labute approximate surface area is 313 Å². The first-order chi connectivity index (χ1) is 25.6. The number of nitrogens with zero attached hydrogens (tertiary/aromatic N) is 2. The highest BCUT2D eigenvalue weighted by Crippen LogP contribution is 2.63. The maximum atomic E-state index is 12.9. The average Bonchev–Trinajstić information content (AvgIpc) is 3.59. The number of hydrogen-bond acceptors (Lipinski definition) is 6. The smallest absolute Gasteiger partial charge is 0.343 e. The predicted molar refractivity (Wildman–Crippen MR) is 209 cm³/mol. The van der Waals surface area contributed by atoms with Crippen molar-refractivity contribution in [2.75, 3.05) is 38.2 Å². The number of allylic oxidation sites excluding steroid dienone is 2. The van der Waals surface area contributed by atoms with Crippen LogP contribution in [0.4, 0.5) is 5.69 Å². The van der Waals surface area contributed by atoms with Crippen molar-refractivity contribution in [3.63, 3.8) is 0 Å². The van der Waals surface area contributed by atoms with Gasteiger partial charge in [-0.3, -0.25) is 4.90 Å². The van der Waals surface area contributed by atoms with Gasteiger partial charge in [0.05, 0.1) is 17.9 Å². The zero-order valence-electron chi connectivity index (χ0n) is 32.0. The molecule has 8 rings (SSSR count). The average molecular weight is 707 g/mol. The van der Waals surface area contributed by atoms with Gasteiger partial charge in [-0.25, -0.2) is 4.79 Å². The van der Waals surface area contributed by atoms with Gasteiger partial charge in [-0.2, -0.15) is 0 Å². The highest BCUT2D eigenvalue weighted by molar-refractivity contribution is 5.91. The van der Waals surface area contributed by atoms with E-state index in [1.807, 2.05) is 37.6 Å². The number of ether oxygens (including phenoxy) is 3. The van der Waals surface area contributed by atoms with Gasteiger partial charge in [0, 0.05) is 50.9 Å². The van der Waals surface area contributed by atoms with Crippen LogP contribution in [0.25, 0.3) is 0 Å². The molecule has 0 aromatic heterocycles. The van der Waals surface area contributed by atoms with Gasteiger partial charge in [0.2, 0.25) is 0 Å². The molecule has 52 heavy (non-hydrogen) atoms. The molecule has 2 heterocycles. The standard InChI is InChI=1S/C46H62N2O4/c1-4-6-7-8-11-31-14-16-33(17-15-31)46(49)52-36-20-18-35(19-21-36)47-23-25-48(26-24-47)41-29-38-39(30-42(41)50-3)45-43(32(5-2)22-27-51-45)40-28-34-12-9-10-13-37(34)44(38)40/h14-22,27,34,37-42,44-45H,4-13,23-26,28-30H2,1-3H3. The Hall–Kier alpha value is -3.09. The predicted octanol–water partition coefficient (Wildman–Crippen LogP) is 9.64. The minimum absolute atomic E-state index is 0.240. The second-order valence-electron chi connectivity index (χ2n) is 16.9. The van der Waals surface area contributed by atoms with Crippen LogP contribution in [0, 0.1) is 35.5 Å². The largest absolute Gasteiger partial charge is 0.493 e. The number of carbonyl (C=O) groups is 1. The van der Waals surface area contributed by atoms with E-state index in [4.69, 9.17) is 14.2 Å². The molecular formula is C46H62N2O4. The number of rotatable bonds is 11. The Kier molecular flexibility index (Phi) is 11.1. The Morgan fingerprint density at radius 3 is 2.38 bits per heavy atom. The van der Waals surface area contributed by atoms with E-state index >= 15 is 0 Å². The Morgan fingerprint density at radius 2 is 1.63 bits per heavy atom. The SMILES string of the molecule is CCCCCCc1ccc(C(=O)Oc2ccc(N3CCN(C4CC5C(CC4OC)C4OC=CC(CC)=C4C4CC6CCCCC6C45)CC3)cc2)cc1. The van der Waals surface area contributed by atoms with Crippen molar-refractivity contribution in [2.24, 2.45) is 35.5 Å². The topological polar surface area (TPSA) is 51.2 Å². The van der Waals surface area contributed by atoms with Crippen molar-refractivity contribution >= 4 is 11.7 Å². The summed E-state index contributed by atoms with van der Waals surface area (Å²) in [5.41, 5.74) is 6.33. The molecule has 4 aliphatic carbocycles. The van der Waals surface area contributed by atoms with Crippen molar-refractivity contribution in [1.29, 1.82) is 0 Å². The molecule has 6 heteroatoms. The fraction of sp³-hybridized carbons (Fsp3) is 0.630. The summed E-state index contributed by atoms with van der Waals surface area (Å²) in [6.07, 6.45) is 21.4. The van der Waals surface area contributed by atoms with E-state index in [1.54, 1.807) is 11.1 Å². The Bertz CT molecular complexity index is 1570. The molecule has 9 atom stereocenters. The van der Waals surface area contributed by atoms with Gasteiger partial charge >= 0.3 is 5.97 Å². The molecule has 2 aromatic carbocycles. The zero-order chi connectivity index (χ0) is 35.6. The molecule has 280 valence electrons. The van der Waals surface area contributed by atoms with Crippen molar-refractivity contribution in [1.82, 2.24) is 4.90 Å². The number of unbranched alkanes of at least 4 members (excludes halogenated alkanes) is 3. The van der Waals surface area contributed by atoms with E-state index in [-0.39, 0.29) is 18.2 Å². The van der Waals surface area contributed by atoms with Crippen LogP contribution < -0.4 is 9.64 Å². The zero-order valence-corrected chi connectivity index (χ0v) is 32.0. The fourth-order valence-corrected chi connectivity index (χ4v) is 11.8. The van der Waals surface area contributed by atoms with E-state index in [2.05, 4.69) is 54.0 Å². The minimum Gasteiger partial charge on any atom is -0.493 e. The molecule has 4 saturated carbocycles. The number of anilines is 1. The summed E-state index contributed by atoms with van der Waals surface area (Å²) in [6, 6.07) is 16.5. The molecule has 2 aromatic rings. The number of fused-ring (bicyclic) bond motifs is 8. The van der Waals surface area contributed by atoms with E-state index < -0.39 is 0 Å². The van der Waals surface area contributed by atoms with Crippen molar-refractivity contribution < 1.29 is 19.0 Å². The van der Waals surface area contributed by atoms with E-state index in [1.165, 1.54) is 75.5 Å². The lowest BCUT2D eigenvalue weighted by molar-refractivity contribution is -0.105. The van der Waals surface area contributed by atoms with Crippen LogP contribution in [0.15, 0.2) is 72.0 Å². The first-order valence-electron chi connectivity index (χ1n) is 21.0. The quantitative estimate of drug-likeness (QED) is 0.132. The van der Waals surface area contributed by atoms with Crippen molar-refractivity contribution in [3.8, 4) is 5.75 Å². The Morgan fingerprint density at radius 1 is 0.846 bits per heavy atom. The van der Waals surface area contributed by atoms with Crippen LogP contribution in [0.1, 0.15) is 107 Å². The summed E-state index contributed by atoms with van der Waals surface area (Å²) >= 11 is 0. The molecular weight excluding hydrogens is 645 g/mol. The lowest BCUT2D eigenvalue weighted by Gasteiger charge is -2.56. The molecule has 1 saturated heterocycles. The summed E-state index contributed by atoms with van der Waals surface area (Å²) < 4.78 is 18.8. The van der Waals surface area contributed by atoms with Gasteiger partial charge < -0.3 is 19.1 Å². The maximum Gasteiger partial charge on any atom is 0.343 e. The van der Waals surface area contributed by atoms with E-state index in [0.717, 1.165) is 69.1 Å². The summed E-state index contributed by atoms with van der Waals surface area (Å²) in [4.78, 5) is 18.2. The third-order valence-electron chi connectivity index (χ3n) is 14.3. The summed E-state index contributed by atoms with van der Waals surface area (Å²) in [5, 5.41) is 0. The van der Waals surface area contributed by atoms with Crippen LogP contribution in [0.3, 0.4) is 0 Å². The molecule has 0 N–H and O–H groups in total. The molecule has 0 radical (unpaired) electrons. The maximum absolute atomic E-state index is 12.9. The molecule has 9 unspecified atom stereocenters. The van der Waals surface area contributed by atoms with E-state index in [0.29, 0.717) is 29.2 Å². The van der Waals surface area contributed by atoms with E-state index in [9.17, 15) is 4.79 Å². The summed E-state index contributed by atoms with van der Waals surface area (Å²) in [5.74, 6) is 4.90. The number of benzene rings is 2. The lowest BCUT2D eigenvalue weighted by Crippen LogP contribution is -2.60. The normalized spacial score (nSPS) is 32.8. The van der Waals surface area contributed by atoms with Crippen LogP contribution in [-0.4, -0.2) is 62.4 Å². The van der Waals surface area contributed by atoms with Gasteiger partial charge in [-0.15, -0.1) is 0 Å². The molecule has 6 nitrogen and oxygen atoms in total.